The molecule has 1 atom stereocenters. The fourth-order valence-corrected chi connectivity index (χ4v) is 3.11. The summed E-state index contributed by atoms with van der Waals surface area (Å²) in [6.45, 7) is 6.66. The van der Waals surface area contributed by atoms with Gasteiger partial charge in [-0.2, -0.15) is 0 Å². The molecule has 2 rings (SSSR count). The Bertz CT molecular complexity index is 844. The van der Waals surface area contributed by atoms with Crippen molar-refractivity contribution in [2.24, 2.45) is 0 Å². The van der Waals surface area contributed by atoms with Gasteiger partial charge in [0.25, 0.3) is 11.8 Å². The molecule has 0 spiro atoms. The topological polar surface area (TPSA) is 125 Å². The summed E-state index contributed by atoms with van der Waals surface area (Å²) in [6.07, 6.45) is 8.94. The Kier molecular flexibility index (Phi) is 6.81. The zero-order valence-electron chi connectivity index (χ0n) is 17.4. The van der Waals surface area contributed by atoms with E-state index in [2.05, 4.69) is 10.6 Å². The Balaban J connectivity index is 1.95. The van der Waals surface area contributed by atoms with Crippen LogP contribution in [-0.2, 0) is 19.1 Å². The van der Waals surface area contributed by atoms with Crippen molar-refractivity contribution in [1.29, 1.82) is 0 Å². The van der Waals surface area contributed by atoms with Gasteiger partial charge in [0.1, 0.15) is 6.54 Å². The van der Waals surface area contributed by atoms with Gasteiger partial charge in [-0.15, -0.1) is 0 Å². The quantitative estimate of drug-likeness (QED) is 0.487. The molecule has 10 nitrogen and oxygen atoms in total. The minimum absolute atomic E-state index is 0.0780. The average molecular weight is 418 g/mol. The van der Waals surface area contributed by atoms with Crippen LogP contribution in [0.25, 0.3) is 0 Å². The lowest BCUT2D eigenvalue weighted by Gasteiger charge is -2.30. The van der Waals surface area contributed by atoms with Crippen LogP contribution in [0.1, 0.15) is 27.7 Å². The maximum atomic E-state index is 12.4. The van der Waals surface area contributed by atoms with Crippen LogP contribution in [0.3, 0.4) is 0 Å². The second-order valence-corrected chi connectivity index (χ2v) is 7.45. The van der Waals surface area contributed by atoms with Crippen molar-refractivity contribution in [3.63, 3.8) is 0 Å². The third-order valence-corrected chi connectivity index (χ3v) is 4.62. The van der Waals surface area contributed by atoms with Gasteiger partial charge in [0.2, 0.25) is 0 Å². The second kappa shape index (κ2) is 8.93. The highest BCUT2D eigenvalue weighted by Gasteiger charge is 2.40. The van der Waals surface area contributed by atoms with E-state index >= 15 is 0 Å². The molecular formula is C20H26N4O6. The Labute approximate surface area is 174 Å². The standard InChI is InChI=1S/C20H26N4O6/c1-5-30-16(27)13-22-18(29)24-15(26)8-11-20(24,4)9-6-12-21-17(28)23-14(25)7-10-19(23,2)3/h6-11H,5,12-13H2,1-4H3,(H,21,28)(H,22,29)/b9-6+. The molecule has 0 aromatic rings. The number of imide groups is 2. The summed E-state index contributed by atoms with van der Waals surface area (Å²) >= 11 is 0. The number of hydrogen-bond acceptors (Lipinski definition) is 6. The lowest BCUT2D eigenvalue weighted by atomic mass is 10.0. The lowest BCUT2D eigenvalue weighted by molar-refractivity contribution is -0.142. The highest BCUT2D eigenvalue weighted by Crippen LogP contribution is 2.25. The summed E-state index contributed by atoms with van der Waals surface area (Å²) in [5.74, 6) is -1.55. The van der Waals surface area contributed by atoms with Crippen LogP contribution in [0.2, 0.25) is 0 Å². The number of nitrogens with one attached hydrogen (secondary N) is 2. The van der Waals surface area contributed by atoms with E-state index in [4.69, 9.17) is 4.74 Å². The van der Waals surface area contributed by atoms with Crippen molar-refractivity contribution in [2.45, 2.75) is 38.8 Å². The summed E-state index contributed by atoms with van der Waals surface area (Å²) in [7, 11) is 0. The zero-order valence-corrected chi connectivity index (χ0v) is 17.4. The largest absolute Gasteiger partial charge is 0.465 e. The van der Waals surface area contributed by atoms with Gasteiger partial charge in [-0.05, 0) is 33.8 Å². The summed E-state index contributed by atoms with van der Waals surface area (Å²) < 4.78 is 4.74. The first-order valence-electron chi connectivity index (χ1n) is 9.47. The van der Waals surface area contributed by atoms with Gasteiger partial charge in [0.15, 0.2) is 0 Å². The Morgan fingerprint density at radius 1 is 1.00 bits per heavy atom. The summed E-state index contributed by atoms with van der Waals surface area (Å²) in [4.78, 5) is 62.2. The van der Waals surface area contributed by atoms with Crippen molar-refractivity contribution in [2.75, 3.05) is 19.7 Å². The van der Waals surface area contributed by atoms with Crippen LogP contribution in [0.5, 0.6) is 0 Å². The molecule has 2 aliphatic heterocycles. The molecule has 30 heavy (non-hydrogen) atoms. The normalized spacial score (nSPS) is 22.1. The van der Waals surface area contributed by atoms with E-state index < -0.39 is 40.9 Å². The SMILES string of the molecule is CCOC(=O)CNC(=O)N1C(=O)C=CC1(C)/C=C/CNC(=O)N1C(=O)C=CC1(C)C. The fraction of sp³-hybridized carbons (Fsp3) is 0.450. The molecule has 1 unspecified atom stereocenters. The monoisotopic (exact) mass is 418 g/mol. The van der Waals surface area contributed by atoms with E-state index in [9.17, 15) is 24.0 Å². The van der Waals surface area contributed by atoms with Crippen molar-refractivity contribution in [3.05, 3.63) is 36.5 Å². The van der Waals surface area contributed by atoms with Crippen molar-refractivity contribution in [1.82, 2.24) is 20.4 Å². The number of rotatable bonds is 6. The van der Waals surface area contributed by atoms with E-state index in [0.29, 0.717) is 0 Å². The molecule has 0 aliphatic carbocycles. The molecule has 2 heterocycles. The number of urea groups is 2. The van der Waals surface area contributed by atoms with E-state index in [-0.39, 0.29) is 19.7 Å². The number of nitrogens with zero attached hydrogens (tertiary/aromatic N) is 2. The van der Waals surface area contributed by atoms with E-state index in [1.807, 2.05) is 0 Å². The van der Waals surface area contributed by atoms with Gasteiger partial charge >= 0.3 is 18.0 Å². The second-order valence-electron chi connectivity index (χ2n) is 7.45. The van der Waals surface area contributed by atoms with Gasteiger partial charge in [0.05, 0.1) is 17.7 Å². The van der Waals surface area contributed by atoms with Crippen LogP contribution >= 0.6 is 0 Å². The molecule has 2 N–H and O–H groups in total. The first-order chi connectivity index (χ1) is 14.0. The highest BCUT2D eigenvalue weighted by atomic mass is 16.5. The van der Waals surface area contributed by atoms with Crippen LogP contribution < -0.4 is 10.6 Å². The average Bonchev–Trinajstić information content (AvgIpc) is 3.12. The minimum Gasteiger partial charge on any atom is -0.465 e. The third kappa shape index (κ3) is 4.94. The van der Waals surface area contributed by atoms with E-state index in [1.54, 1.807) is 45.9 Å². The molecular weight excluding hydrogens is 392 g/mol. The maximum absolute atomic E-state index is 12.4. The van der Waals surface area contributed by atoms with Crippen molar-refractivity contribution < 1.29 is 28.7 Å². The fourth-order valence-electron chi connectivity index (χ4n) is 3.11. The number of ether oxygens (including phenoxy) is 1. The number of amides is 6. The van der Waals surface area contributed by atoms with Gasteiger partial charge < -0.3 is 15.4 Å². The predicted molar refractivity (Wildman–Crippen MR) is 107 cm³/mol. The molecule has 6 amide bonds. The molecule has 0 radical (unpaired) electrons. The van der Waals surface area contributed by atoms with Gasteiger partial charge in [0, 0.05) is 18.7 Å². The van der Waals surface area contributed by atoms with Gasteiger partial charge in [-0.1, -0.05) is 18.2 Å². The Hall–Kier alpha value is -3.43. The molecule has 0 aromatic heterocycles. The molecule has 0 bridgehead atoms. The lowest BCUT2D eigenvalue weighted by Crippen LogP contribution is -2.52. The third-order valence-electron chi connectivity index (χ3n) is 4.62. The van der Waals surface area contributed by atoms with Crippen LogP contribution in [0, 0.1) is 0 Å². The highest BCUT2D eigenvalue weighted by molar-refractivity contribution is 6.05. The Morgan fingerprint density at radius 3 is 2.20 bits per heavy atom. The molecule has 0 fully saturated rings. The smallest absolute Gasteiger partial charge is 0.325 e. The van der Waals surface area contributed by atoms with Crippen LogP contribution in [0.4, 0.5) is 9.59 Å². The van der Waals surface area contributed by atoms with Crippen LogP contribution in [0.15, 0.2) is 36.5 Å². The van der Waals surface area contributed by atoms with Gasteiger partial charge in [-0.3, -0.25) is 19.3 Å². The number of carbonyl (C=O) groups excluding carboxylic acids is 5. The summed E-state index contributed by atoms with van der Waals surface area (Å²) in [5.41, 5.74) is -1.80. The predicted octanol–water partition coefficient (Wildman–Crippen LogP) is 0.859. The van der Waals surface area contributed by atoms with Gasteiger partial charge in [-0.25, -0.2) is 14.5 Å². The number of carbonyl (C=O) groups is 5. The van der Waals surface area contributed by atoms with E-state index in [0.717, 1.165) is 9.80 Å². The maximum Gasteiger partial charge on any atom is 0.325 e. The first kappa shape index (κ1) is 22.9. The van der Waals surface area contributed by atoms with Crippen LogP contribution in [-0.4, -0.2) is 70.4 Å². The number of esters is 1. The first-order valence-corrected chi connectivity index (χ1v) is 9.47. The van der Waals surface area contributed by atoms with Crippen molar-refractivity contribution in [3.8, 4) is 0 Å². The molecule has 10 heteroatoms. The Morgan fingerprint density at radius 2 is 1.60 bits per heavy atom. The summed E-state index contributed by atoms with van der Waals surface area (Å²) in [6, 6.07) is -1.29. The molecule has 0 saturated heterocycles. The molecule has 162 valence electrons. The summed E-state index contributed by atoms with van der Waals surface area (Å²) in [5, 5.41) is 4.96. The van der Waals surface area contributed by atoms with E-state index in [1.165, 1.54) is 18.2 Å². The van der Waals surface area contributed by atoms with Crippen molar-refractivity contribution >= 4 is 29.8 Å². The molecule has 2 aliphatic rings. The number of hydrogen-bond donors (Lipinski definition) is 2. The zero-order chi connectivity index (χ0) is 22.5. The minimum atomic E-state index is -1.08. The molecule has 0 saturated carbocycles. The molecule has 0 aromatic carbocycles.